The van der Waals surface area contributed by atoms with Gasteiger partial charge < -0.3 is 5.11 Å². The van der Waals surface area contributed by atoms with Crippen LogP contribution in [0.25, 0.3) is 0 Å². The number of allylic oxidation sites excluding steroid dienone is 2. The van der Waals surface area contributed by atoms with E-state index in [4.69, 9.17) is 0 Å². The van der Waals surface area contributed by atoms with E-state index in [0.717, 1.165) is 24.7 Å². The first-order valence-corrected chi connectivity index (χ1v) is 5.93. The average Bonchev–Trinajstić information content (AvgIpc) is 2.44. The molecular formula is C13H18O. The van der Waals surface area contributed by atoms with E-state index >= 15 is 0 Å². The van der Waals surface area contributed by atoms with Crippen LogP contribution in [0.3, 0.4) is 0 Å². The van der Waals surface area contributed by atoms with Crippen molar-refractivity contribution in [3.8, 4) is 0 Å². The van der Waals surface area contributed by atoms with Crippen molar-refractivity contribution in [3.05, 3.63) is 23.3 Å². The molecule has 0 aromatic heterocycles. The van der Waals surface area contributed by atoms with Crippen LogP contribution >= 0.6 is 0 Å². The molecule has 14 heavy (non-hydrogen) atoms. The van der Waals surface area contributed by atoms with Gasteiger partial charge in [-0.3, -0.25) is 0 Å². The normalized spacial score (nSPS) is 41.1. The maximum absolute atomic E-state index is 9.64. The van der Waals surface area contributed by atoms with Gasteiger partial charge in [-0.15, -0.1) is 0 Å². The van der Waals surface area contributed by atoms with Crippen LogP contribution in [0.1, 0.15) is 38.5 Å². The zero-order valence-electron chi connectivity index (χ0n) is 8.58. The number of hydrogen-bond acceptors (Lipinski definition) is 1. The third kappa shape index (κ3) is 1.26. The van der Waals surface area contributed by atoms with Crippen molar-refractivity contribution in [1.82, 2.24) is 0 Å². The summed E-state index contributed by atoms with van der Waals surface area (Å²) in [6.07, 6.45) is 11.8. The first-order valence-electron chi connectivity index (χ1n) is 5.93. The van der Waals surface area contributed by atoms with Gasteiger partial charge in [0, 0.05) is 0 Å². The Balaban J connectivity index is 1.98. The molecule has 3 fully saturated rings. The molecule has 1 heteroatoms. The van der Waals surface area contributed by atoms with E-state index in [-0.39, 0.29) is 6.10 Å². The molecule has 0 radical (unpaired) electrons. The molecule has 0 amide bonds. The molecule has 0 aromatic carbocycles. The van der Waals surface area contributed by atoms with Crippen LogP contribution < -0.4 is 0 Å². The Labute approximate surface area is 85.5 Å². The highest BCUT2D eigenvalue weighted by Crippen LogP contribution is 2.49. The predicted octanol–water partition coefficient (Wildman–Crippen LogP) is 2.81. The topological polar surface area (TPSA) is 20.2 Å². The second-order valence-electron chi connectivity index (χ2n) is 4.99. The number of fused-ring (bicyclic) bond motifs is 2. The highest BCUT2D eigenvalue weighted by molar-refractivity contribution is 5.40. The van der Waals surface area contributed by atoms with Gasteiger partial charge in [-0.25, -0.2) is 0 Å². The number of hydrogen-bond donors (Lipinski definition) is 1. The SMILES string of the molecule is OC1CC=C2C(=CC1)C1CCC2CC1. The summed E-state index contributed by atoms with van der Waals surface area (Å²) < 4.78 is 0. The minimum atomic E-state index is -0.125. The molecule has 0 heterocycles. The van der Waals surface area contributed by atoms with Gasteiger partial charge in [0.15, 0.2) is 0 Å². The summed E-state index contributed by atoms with van der Waals surface area (Å²) in [4.78, 5) is 0. The second-order valence-corrected chi connectivity index (χ2v) is 4.99. The summed E-state index contributed by atoms with van der Waals surface area (Å²) in [6.45, 7) is 0. The Hall–Kier alpha value is -0.560. The average molecular weight is 190 g/mol. The van der Waals surface area contributed by atoms with Gasteiger partial charge in [-0.1, -0.05) is 12.2 Å². The van der Waals surface area contributed by atoms with Gasteiger partial charge in [-0.2, -0.15) is 0 Å². The van der Waals surface area contributed by atoms with Gasteiger partial charge in [0.25, 0.3) is 0 Å². The summed E-state index contributed by atoms with van der Waals surface area (Å²) in [5.74, 6) is 1.66. The fourth-order valence-electron chi connectivity index (χ4n) is 3.38. The summed E-state index contributed by atoms with van der Waals surface area (Å²) in [5, 5.41) is 9.64. The van der Waals surface area contributed by atoms with Crippen molar-refractivity contribution < 1.29 is 5.11 Å². The quantitative estimate of drug-likeness (QED) is 0.622. The molecular weight excluding hydrogens is 172 g/mol. The Morgan fingerprint density at radius 3 is 1.71 bits per heavy atom. The molecule has 4 rings (SSSR count). The van der Waals surface area contributed by atoms with Crippen LogP contribution in [-0.2, 0) is 0 Å². The van der Waals surface area contributed by atoms with E-state index in [2.05, 4.69) is 12.2 Å². The fourth-order valence-corrected chi connectivity index (χ4v) is 3.38. The molecule has 3 saturated carbocycles. The Morgan fingerprint density at radius 2 is 1.29 bits per heavy atom. The summed E-state index contributed by atoms with van der Waals surface area (Å²) >= 11 is 0. The van der Waals surface area contributed by atoms with Crippen molar-refractivity contribution in [3.63, 3.8) is 0 Å². The highest BCUT2D eigenvalue weighted by atomic mass is 16.3. The lowest BCUT2D eigenvalue weighted by molar-refractivity contribution is 0.182. The molecule has 0 saturated heterocycles. The molecule has 0 spiro atoms. The summed E-state index contributed by atoms with van der Waals surface area (Å²) in [5.41, 5.74) is 3.20. The molecule has 2 bridgehead atoms. The van der Waals surface area contributed by atoms with Crippen LogP contribution in [0.5, 0.6) is 0 Å². The predicted molar refractivity (Wildman–Crippen MR) is 56.9 cm³/mol. The second kappa shape index (κ2) is 3.23. The smallest absolute Gasteiger partial charge is 0.0609 e. The molecule has 4 aliphatic carbocycles. The van der Waals surface area contributed by atoms with Gasteiger partial charge in [-0.05, 0) is 61.5 Å². The van der Waals surface area contributed by atoms with E-state index < -0.39 is 0 Å². The monoisotopic (exact) mass is 190 g/mol. The summed E-state index contributed by atoms with van der Waals surface area (Å²) in [6, 6.07) is 0. The van der Waals surface area contributed by atoms with Gasteiger partial charge in [0.05, 0.1) is 6.10 Å². The van der Waals surface area contributed by atoms with Crippen molar-refractivity contribution in [1.29, 1.82) is 0 Å². The third-order valence-electron chi connectivity index (χ3n) is 4.16. The van der Waals surface area contributed by atoms with E-state index in [1.807, 2.05) is 0 Å². The zero-order chi connectivity index (χ0) is 9.54. The van der Waals surface area contributed by atoms with Crippen molar-refractivity contribution in [2.75, 3.05) is 0 Å². The molecule has 1 nitrogen and oxygen atoms in total. The van der Waals surface area contributed by atoms with Crippen molar-refractivity contribution >= 4 is 0 Å². The molecule has 1 N–H and O–H groups in total. The van der Waals surface area contributed by atoms with Crippen LogP contribution in [0.4, 0.5) is 0 Å². The lowest BCUT2D eigenvalue weighted by atomic mass is 9.65. The Bertz CT molecular complexity index is 262. The first-order chi connectivity index (χ1) is 6.84. The molecule has 4 aliphatic rings. The zero-order valence-corrected chi connectivity index (χ0v) is 8.58. The van der Waals surface area contributed by atoms with Crippen LogP contribution in [0.15, 0.2) is 23.3 Å². The van der Waals surface area contributed by atoms with Crippen LogP contribution in [-0.4, -0.2) is 11.2 Å². The van der Waals surface area contributed by atoms with Crippen molar-refractivity contribution in [2.45, 2.75) is 44.6 Å². The van der Waals surface area contributed by atoms with Gasteiger partial charge in [0.2, 0.25) is 0 Å². The van der Waals surface area contributed by atoms with Crippen LogP contribution in [0, 0.1) is 11.8 Å². The minimum Gasteiger partial charge on any atom is -0.392 e. The number of aliphatic hydroxyl groups excluding tert-OH is 1. The molecule has 0 aromatic rings. The lowest BCUT2D eigenvalue weighted by Gasteiger charge is -2.40. The van der Waals surface area contributed by atoms with Crippen LogP contribution in [0.2, 0.25) is 0 Å². The maximum atomic E-state index is 9.64. The lowest BCUT2D eigenvalue weighted by Crippen LogP contribution is -2.27. The van der Waals surface area contributed by atoms with Gasteiger partial charge in [0.1, 0.15) is 0 Å². The van der Waals surface area contributed by atoms with E-state index in [1.54, 1.807) is 11.1 Å². The fraction of sp³-hybridized carbons (Fsp3) is 0.692. The number of aliphatic hydroxyl groups is 1. The maximum Gasteiger partial charge on any atom is 0.0609 e. The molecule has 76 valence electrons. The Kier molecular flexibility index (Phi) is 2.01. The highest BCUT2D eigenvalue weighted by Gasteiger charge is 2.35. The van der Waals surface area contributed by atoms with E-state index in [0.29, 0.717) is 0 Å². The number of rotatable bonds is 0. The Morgan fingerprint density at radius 1 is 0.857 bits per heavy atom. The summed E-state index contributed by atoms with van der Waals surface area (Å²) in [7, 11) is 0. The van der Waals surface area contributed by atoms with Gasteiger partial charge >= 0.3 is 0 Å². The largest absolute Gasteiger partial charge is 0.392 e. The third-order valence-corrected chi connectivity index (χ3v) is 4.16. The standard InChI is InChI=1S/C13H18O/c14-11-5-7-12-9-1-2-10(4-3-9)13(12)8-6-11/h7-11,14H,1-6H2. The van der Waals surface area contributed by atoms with E-state index in [9.17, 15) is 5.11 Å². The van der Waals surface area contributed by atoms with E-state index in [1.165, 1.54) is 25.7 Å². The first kappa shape index (κ1) is 8.72. The minimum absolute atomic E-state index is 0.125. The molecule has 0 unspecified atom stereocenters. The molecule has 0 atom stereocenters. The van der Waals surface area contributed by atoms with Crippen molar-refractivity contribution in [2.24, 2.45) is 11.8 Å². The molecule has 0 aliphatic heterocycles.